The molecule has 0 amide bonds. The molecule has 0 fully saturated rings. The van der Waals surface area contributed by atoms with E-state index in [4.69, 9.17) is 21.1 Å². The maximum atomic E-state index is 12.3. The van der Waals surface area contributed by atoms with Gasteiger partial charge in [-0.05, 0) is 30.3 Å². The Kier molecular flexibility index (Phi) is 6.59. The van der Waals surface area contributed by atoms with Crippen LogP contribution in [0.25, 0.3) is 0 Å². The SMILES string of the molecule is COc1cccc(C(=O)COC(=O)c2ccc(Cl)c(S(=O)(=O)N(C)C)c2)c1. The molecule has 0 aromatic heterocycles. The minimum atomic E-state index is -3.83. The Labute approximate surface area is 162 Å². The molecule has 2 rings (SSSR count). The van der Waals surface area contributed by atoms with Crippen molar-refractivity contribution >= 4 is 33.4 Å². The fourth-order valence-corrected chi connectivity index (χ4v) is 3.51. The molecule has 0 radical (unpaired) electrons. The zero-order chi connectivity index (χ0) is 20.2. The number of nitrogens with zero attached hydrogens (tertiary/aromatic N) is 1. The zero-order valence-corrected chi connectivity index (χ0v) is 16.5. The fraction of sp³-hybridized carbons (Fsp3) is 0.222. The molecule has 0 N–H and O–H groups in total. The highest BCUT2D eigenvalue weighted by atomic mass is 35.5. The molecule has 2 aromatic carbocycles. The van der Waals surface area contributed by atoms with Crippen LogP contribution in [0.4, 0.5) is 0 Å². The largest absolute Gasteiger partial charge is 0.497 e. The van der Waals surface area contributed by atoms with Crippen LogP contribution in [0.15, 0.2) is 47.4 Å². The first-order valence-corrected chi connectivity index (χ1v) is 9.55. The van der Waals surface area contributed by atoms with Crippen molar-refractivity contribution in [3.8, 4) is 5.75 Å². The summed E-state index contributed by atoms with van der Waals surface area (Å²) >= 11 is 5.94. The van der Waals surface area contributed by atoms with E-state index in [0.29, 0.717) is 11.3 Å². The summed E-state index contributed by atoms with van der Waals surface area (Å²) in [5.74, 6) is -0.751. The number of rotatable bonds is 7. The van der Waals surface area contributed by atoms with Crippen LogP contribution in [0.2, 0.25) is 5.02 Å². The summed E-state index contributed by atoms with van der Waals surface area (Å²) in [6, 6.07) is 10.2. The number of carbonyl (C=O) groups excluding carboxylic acids is 2. The third kappa shape index (κ3) is 4.85. The lowest BCUT2D eigenvalue weighted by atomic mass is 10.1. The molecule has 0 aliphatic carbocycles. The van der Waals surface area contributed by atoms with E-state index >= 15 is 0 Å². The predicted molar refractivity (Wildman–Crippen MR) is 99.9 cm³/mol. The van der Waals surface area contributed by atoms with Gasteiger partial charge in [-0.2, -0.15) is 0 Å². The van der Waals surface area contributed by atoms with Gasteiger partial charge in [0.15, 0.2) is 12.4 Å². The summed E-state index contributed by atoms with van der Waals surface area (Å²) < 4.78 is 35.6. The monoisotopic (exact) mass is 411 g/mol. The summed E-state index contributed by atoms with van der Waals surface area (Å²) in [7, 11) is 0.344. The van der Waals surface area contributed by atoms with Gasteiger partial charge in [-0.3, -0.25) is 4.79 Å². The number of esters is 1. The van der Waals surface area contributed by atoms with Crippen LogP contribution < -0.4 is 4.74 Å². The molecule has 9 heteroatoms. The maximum absolute atomic E-state index is 12.3. The van der Waals surface area contributed by atoms with Crippen LogP contribution in [-0.2, 0) is 14.8 Å². The van der Waals surface area contributed by atoms with Crippen molar-refractivity contribution in [1.29, 1.82) is 0 Å². The molecular weight excluding hydrogens is 394 g/mol. The molecule has 0 aliphatic heterocycles. The number of hydrogen-bond donors (Lipinski definition) is 0. The summed E-state index contributed by atoms with van der Waals surface area (Å²) in [6.07, 6.45) is 0. The number of methoxy groups -OCH3 is 1. The molecule has 2 aromatic rings. The van der Waals surface area contributed by atoms with E-state index in [1.807, 2.05) is 0 Å². The van der Waals surface area contributed by atoms with Gasteiger partial charge in [-0.1, -0.05) is 23.7 Å². The molecule has 0 heterocycles. The van der Waals surface area contributed by atoms with Crippen LogP contribution in [0.1, 0.15) is 20.7 Å². The topological polar surface area (TPSA) is 90.0 Å². The van der Waals surface area contributed by atoms with E-state index in [9.17, 15) is 18.0 Å². The Bertz CT molecular complexity index is 972. The fourth-order valence-electron chi connectivity index (χ4n) is 2.12. The Morgan fingerprint density at radius 1 is 1.07 bits per heavy atom. The number of ketones is 1. The van der Waals surface area contributed by atoms with E-state index in [0.717, 1.165) is 10.4 Å². The summed E-state index contributed by atoms with van der Waals surface area (Å²) in [5, 5.41) is -0.0206. The quantitative estimate of drug-likeness (QED) is 0.514. The van der Waals surface area contributed by atoms with Gasteiger partial charge in [0.1, 0.15) is 10.6 Å². The third-order valence-corrected chi connectivity index (χ3v) is 5.95. The molecule has 0 aliphatic rings. The van der Waals surface area contributed by atoms with Gasteiger partial charge < -0.3 is 9.47 Å². The lowest BCUT2D eigenvalue weighted by molar-refractivity contribution is 0.0474. The van der Waals surface area contributed by atoms with E-state index in [-0.39, 0.29) is 15.5 Å². The summed E-state index contributed by atoms with van der Waals surface area (Å²) in [6.45, 7) is -0.496. The number of benzene rings is 2. The minimum Gasteiger partial charge on any atom is -0.497 e. The number of ether oxygens (including phenoxy) is 2. The molecule has 27 heavy (non-hydrogen) atoms. The van der Waals surface area contributed by atoms with Crippen LogP contribution in [0.3, 0.4) is 0 Å². The summed E-state index contributed by atoms with van der Waals surface area (Å²) in [5.41, 5.74) is 0.299. The molecule has 0 saturated carbocycles. The third-order valence-electron chi connectivity index (χ3n) is 3.65. The second-order valence-corrected chi connectivity index (χ2v) is 8.19. The number of Topliss-reactive ketones (excluding diaryl/α,β-unsaturated/α-hetero) is 1. The van der Waals surface area contributed by atoms with Gasteiger partial charge in [-0.25, -0.2) is 17.5 Å². The Morgan fingerprint density at radius 3 is 2.41 bits per heavy atom. The van der Waals surface area contributed by atoms with E-state index < -0.39 is 28.4 Å². The van der Waals surface area contributed by atoms with Gasteiger partial charge in [-0.15, -0.1) is 0 Å². The standard InChI is InChI=1S/C18H18ClNO6S/c1-20(2)27(23,24)17-10-13(7-8-15(17)19)18(22)26-11-16(21)12-5-4-6-14(9-12)25-3/h4-10H,11H2,1-3H3. The molecule has 7 nitrogen and oxygen atoms in total. The number of hydrogen-bond acceptors (Lipinski definition) is 6. The highest BCUT2D eigenvalue weighted by molar-refractivity contribution is 7.89. The van der Waals surface area contributed by atoms with Gasteiger partial charge in [0.2, 0.25) is 10.0 Å². The van der Waals surface area contributed by atoms with Gasteiger partial charge in [0.05, 0.1) is 17.7 Å². The molecular formula is C18H18ClNO6S. The predicted octanol–water partition coefficient (Wildman–Crippen LogP) is 2.64. The minimum absolute atomic E-state index is 0.0206. The molecule has 0 spiro atoms. The van der Waals surface area contributed by atoms with Crippen molar-refractivity contribution in [3.63, 3.8) is 0 Å². The molecule has 0 saturated heterocycles. The Hall–Kier alpha value is -2.42. The van der Waals surface area contributed by atoms with Crippen molar-refractivity contribution in [1.82, 2.24) is 4.31 Å². The normalized spacial score (nSPS) is 11.3. The molecule has 0 unspecified atom stereocenters. The lowest BCUT2D eigenvalue weighted by Crippen LogP contribution is -2.23. The Morgan fingerprint density at radius 2 is 1.78 bits per heavy atom. The van der Waals surface area contributed by atoms with Crippen LogP contribution in [0, 0.1) is 0 Å². The first-order chi connectivity index (χ1) is 12.7. The number of halogens is 1. The van der Waals surface area contributed by atoms with Crippen molar-refractivity contribution in [3.05, 3.63) is 58.6 Å². The smallest absolute Gasteiger partial charge is 0.338 e. The number of sulfonamides is 1. The van der Waals surface area contributed by atoms with Crippen molar-refractivity contribution in [2.45, 2.75) is 4.90 Å². The zero-order valence-electron chi connectivity index (χ0n) is 14.9. The van der Waals surface area contributed by atoms with Crippen LogP contribution in [-0.4, -0.2) is 52.3 Å². The van der Waals surface area contributed by atoms with Crippen molar-refractivity contribution in [2.24, 2.45) is 0 Å². The average Bonchev–Trinajstić information content (AvgIpc) is 2.65. The lowest BCUT2D eigenvalue weighted by Gasteiger charge is -2.13. The highest BCUT2D eigenvalue weighted by Crippen LogP contribution is 2.25. The van der Waals surface area contributed by atoms with E-state index in [1.54, 1.807) is 18.2 Å². The van der Waals surface area contributed by atoms with Gasteiger partial charge in [0.25, 0.3) is 0 Å². The number of carbonyl (C=O) groups is 2. The average molecular weight is 412 g/mol. The van der Waals surface area contributed by atoms with Crippen molar-refractivity contribution in [2.75, 3.05) is 27.8 Å². The molecule has 144 valence electrons. The maximum Gasteiger partial charge on any atom is 0.338 e. The van der Waals surface area contributed by atoms with E-state index in [1.165, 1.54) is 39.4 Å². The second kappa shape index (κ2) is 8.51. The van der Waals surface area contributed by atoms with Crippen LogP contribution in [0.5, 0.6) is 5.75 Å². The van der Waals surface area contributed by atoms with Gasteiger partial charge >= 0.3 is 5.97 Å². The van der Waals surface area contributed by atoms with Gasteiger partial charge in [0, 0.05) is 19.7 Å². The van der Waals surface area contributed by atoms with E-state index in [2.05, 4.69) is 0 Å². The second-order valence-electron chi connectivity index (χ2n) is 5.66. The van der Waals surface area contributed by atoms with Crippen LogP contribution >= 0.6 is 11.6 Å². The van der Waals surface area contributed by atoms with Crippen molar-refractivity contribution < 1.29 is 27.5 Å². The summed E-state index contributed by atoms with van der Waals surface area (Å²) in [4.78, 5) is 24.2. The highest BCUT2D eigenvalue weighted by Gasteiger charge is 2.23. The first kappa shape index (κ1) is 20.9. The molecule has 0 bridgehead atoms. The Balaban J connectivity index is 2.15. The first-order valence-electron chi connectivity index (χ1n) is 7.73. The molecule has 0 atom stereocenters.